The van der Waals surface area contributed by atoms with Gasteiger partial charge < -0.3 is 14.5 Å². The summed E-state index contributed by atoms with van der Waals surface area (Å²) in [7, 11) is -0.887. The predicted molar refractivity (Wildman–Crippen MR) is 116 cm³/mol. The maximum Gasteiger partial charge on any atom is 0.340 e. The molecular formula is C22H25N3O5S. The van der Waals surface area contributed by atoms with Gasteiger partial charge in [0.1, 0.15) is 17.1 Å². The van der Waals surface area contributed by atoms with E-state index in [0.29, 0.717) is 57.2 Å². The Bertz CT molecular complexity index is 1240. The molecule has 164 valence electrons. The molecule has 3 aromatic rings. The summed E-state index contributed by atoms with van der Waals surface area (Å²) in [6.07, 6.45) is 1.36. The molecule has 0 radical (unpaired) electrons. The number of para-hydroxylation sites is 1. The van der Waals surface area contributed by atoms with Crippen LogP contribution in [0.2, 0.25) is 0 Å². The second kappa shape index (κ2) is 7.97. The minimum absolute atomic E-state index is 0.298. The second-order valence-electron chi connectivity index (χ2n) is 7.68. The van der Waals surface area contributed by atoms with Crippen LogP contribution in [0.5, 0.6) is 5.75 Å². The zero-order chi connectivity index (χ0) is 22.3. The van der Waals surface area contributed by atoms with E-state index >= 15 is 0 Å². The van der Waals surface area contributed by atoms with Crippen LogP contribution >= 0.6 is 0 Å². The van der Waals surface area contributed by atoms with Crippen LogP contribution in [0.4, 0.5) is 0 Å². The number of benzene rings is 2. The summed E-state index contributed by atoms with van der Waals surface area (Å²) < 4.78 is 39.0. The lowest BCUT2D eigenvalue weighted by atomic mass is 10.1. The number of carbonyl (C=O) groups excluding carboxylic acids is 1. The second-order valence-corrected chi connectivity index (χ2v) is 9.51. The molecule has 0 bridgehead atoms. The average Bonchev–Trinajstić information content (AvgIpc) is 3.39. The third-order valence-corrected chi connectivity index (χ3v) is 7.91. The third kappa shape index (κ3) is 3.57. The molecule has 1 fully saturated rings. The maximum atomic E-state index is 13.7. The SMILES string of the molecule is COC(=O)c1cccc2[nH]c(C3CCCN3S(=O)(=O)c3c(C)cc(OC)cc3C)nc12. The molecule has 1 atom stereocenters. The van der Waals surface area contributed by atoms with Crippen molar-refractivity contribution in [3.63, 3.8) is 0 Å². The number of nitrogens with zero attached hydrogens (tertiary/aromatic N) is 2. The van der Waals surface area contributed by atoms with Gasteiger partial charge in [0, 0.05) is 6.54 Å². The number of carbonyl (C=O) groups is 1. The normalized spacial score (nSPS) is 17.2. The summed E-state index contributed by atoms with van der Waals surface area (Å²) >= 11 is 0. The molecule has 0 aliphatic carbocycles. The Morgan fingerprint density at radius 1 is 1.19 bits per heavy atom. The van der Waals surface area contributed by atoms with Crippen LogP contribution in [-0.4, -0.2) is 49.4 Å². The molecule has 1 saturated heterocycles. The van der Waals surface area contributed by atoms with E-state index in [0.717, 1.165) is 6.42 Å². The van der Waals surface area contributed by atoms with Gasteiger partial charge in [-0.2, -0.15) is 4.31 Å². The van der Waals surface area contributed by atoms with Gasteiger partial charge in [-0.3, -0.25) is 0 Å². The van der Waals surface area contributed by atoms with Crippen molar-refractivity contribution < 1.29 is 22.7 Å². The van der Waals surface area contributed by atoms with Crippen molar-refractivity contribution in [1.82, 2.24) is 14.3 Å². The molecule has 2 heterocycles. The molecule has 1 aliphatic rings. The Morgan fingerprint density at radius 2 is 1.90 bits per heavy atom. The van der Waals surface area contributed by atoms with Crippen molar-refractivity contribution in [2.24, 2.45) is 0 Å². The summed E-state index contributed by atoms with van der Waals surface area (Å²) in [5.74, 6) is 0.667. The smallest absolute Gasteiger partial charge is 0.340 e. The number of aromatic nitrogens is 2. The van der Waals surface area contributed by atoms with Gasteiger partial charge in [0.25, 0.3) is 0 Å². The van der Waals surface area contributed by atoms with Crippen molar-refractivity contribution in [2.75, 3.05) is 20.8 Å². The largest absolute Gasteiger partial charge is 0.497 e. The predicted octanol–water partition coefficient (Wildman–Crippen LogP) is 3.50. The number of ether oxygens (including phenoxy) is 2. The minimum Gasteiger partial charge on any atom is -0.497 e. The van der Waals surface area contributed by atoms with Gasteiger partial charge in [0.05, 0.1) is 36.2 Å². The maximum absolute atomic E-state index is 13.7. The van der Waals surface area contributed by atoms with Crippen LogP contribution < -0.4 is 4.74 Å². The highest BCUT2D eigenvalue weighted by Crippen LogP contribution is 2.38. The molecule has 1 N–H and O–H groups in total. The summed E-state index contributed by atoms with van der Waals surface area (Å²) in [6.45, 7) is 3.95. The molecule has 9 heteroatoms. The number of aryl methyl sites for hydroxylation is 2. The monoisotopic (exact) mass is 443 g/mol. The highest BCUT2D eigenvalue weighted by atomic mass is 32.2. The highest BCUT2D eigenvalue weighted by molar-refractivity contribution is 7.89. The minimum atomic E-state index is -3.76. The van der Waals surface area contributed by atoms with Gasteiger partial charge in [-0.1, -0.05) is 6.07 Å². The Balaban J connectivity index is 1.77. The van der Waals surface area contributed by atoms with Gasteiger partial charge in [0.2, 0.25) is 10.0 Å². The van der Waals surface area contributed by atoms with E-state index in [2.05, 4.69) is 9.97 Å². The highest BCUT2D eigenvalue weighted by Gasteiger charge is 2.39. The number of hydrogen-bond acceptors (Lipinski definition) is 6. The van der Waals surface area contributed by atoms with E-state index in [1.54, 1.807) is 45.2 Å². The Hall–Kier alpha value is -2.91. The number of nitrogens with one attached hydrogen (secondary N) is 1. The molecule has 1 aliphatic heterocycles. The third-order valence-electron chi connectivity index (χ3n) is 5.69. The van der Waals surface area contributed by atoms with E-state index in [1.807, 2.05) is 6.07 Å². The summed E-state index contributed by atoms with van der Waals surface area (Å²) in [5.41, 5.74) is 2.77. The number of fused-ring (bicyclic) bond motifs is 1. The number of H-pyrrole nitrogens is 1. The first kappa shape index (κ1) is 21.3. The zero-order valence-electron chi connectivity index (χ0n) is 17.9. The number of sulfonamides is 1. The molecule has 8 nitrogen and oxygen atoms in total. The van der Waals surface area contributed by atoms with Gasteiger partial charge in [-0.15, -0.1) is 0 Å². The van der Waals surface area contributed by atoms with Crippen LogP contribution in [0.25, 0.3) is 11.0 Å². The number of rotatable bonds is 5. The Labute approximate surface area is 181 Å². The number of methoxy groups -OCH3 is 2. The van der Waals surface area contributed by atoms with E-state index in [4.69, 9.17) is 9.47 Å². The van der Waals surface area contributed by atoms with Crippen molar-refractivity contribution in [3.05, 3.63) is 52.8 Å². The summed E-state index contributed by atoms with van der Waals surface area (Å²) in [5, 5.41) is 0. The molecule has 31 heavy (non-hydrogen) atoms. The fraction of sp³-hybridized carbons (Fsp3) is 0.364. The molecule has 0 spiro atoms. The van der Waals surface area contributed by atoms with Crippen LogP contribution in [0.1, 0.15) is 46.2 Å². The fourth-order valence-electron chi connectivity index (χ4n) is 4.34. The van der Waals surface area contributed by atoms with Crippen LogP contribution in [0, 0.1) is 13.8 Å². The van der Waals surface area contributed by atoms with E-state index < -0.39 is 22.0 Å². The number of esters is 1. The van der Waals surface area contributed by atoms with Crippen molar-refractivity contribution in [3.8, 4) is 5.75 Å². The molecule has 1 aromatic heterocycles. The topological polar surface area (TPSA) is 102 Å². The first-order chi connectivity index (χ1) is 14.8. The van der Waals surface area contributed by atoms with Crippen LogP contribution in [0.3, 0.4) is 0 Å². The molecular weight excluding hydrogens is 418 g/mol. The molecule has 4 rings (SSSR count). The lowest BCUT2D eigenvalue weighted by Gasteiger charge is -2.24. The molecule has 2 aromatic carbocycles. The van der Waals surface area contributed by atoms with E-state index in [9.17, 15) is 13.2 Å². The molecule has 0 amide bonds. The van der Waals surface area contributed by atoms with Crippen molar-refractivity contribution in [2.45, 2.75) is 37.6 Å². The van der Waals surface area contributed by atoms with Crippen molar-refractivity contribution >= 4 is 27.0 Å². The van der Waals surface area contributed by atoms with E-state index in [-0.39, 0.29) is 0 Å². The number of imidazole rings is 1. The molecule has 0 saturated carbocycles. The zero-order valence-corrected chi connectivity index (χ0v) is 18.7. The Kier molecular flexibility index (Phi) is 5.49. The van der Waals surface area contributed by atoms with E-state index in [1.165, 1.54) is 11.4 Å². The number of aromatic amines is 1. The lowest BCUT2D eigenvalue weighted by molar-refractivity contribution is 0.0602. The summed E-state index contributed by atoms with van der Waals surface area (Å²) in [6, 6.07) is 8.22. The number of hydrogen-bond donors (Lipinski definition) is 1. The Morgan fingerprint density at radius 3 is 2.55 bits per heavy atom. The van der Waals surface area contributed by atoms with Crippen molar-refractivity contribution in [1.29, 1.82) is 0 Å². The fourth-order valence-corrected chi connectivity index (χ4v) is 6.41. The van der Waals surface area contributed by atoms with Gasteiger partial charge >= 0.3 is 5.97 Å². The first-order valence-electron chi connectivity index (χ1n) is 10.0. The standard InChI is InChI=1S/C22H25N3O5S/c1-13-11-15(29-3)12-14(2)20(13)31(27,28)25-10-6-9-18(25)21-23-17-8-5-7-16(19(17)24-21)22(26)30-4/h5,7-8,11-12,18H,6,9-10H2,1-4H3,(H,23,24). The van der Waals surface area contributed by atoms with Gasteiger partial charge in [-0.25, -0.2) is 18.2 Å². The van der Waals surface area contributed by atoms with Gasteiger partial charge in [-0.05, 0) is 62.1 Å². The summed E-state index contributed by atoms with van der Waals surface area (Å²) in [4.78, 5) is 20.2. The van der Waals surface area contributed by atoms with Crippen LogP contribution in [-0.2, 0) is 14.8 Å². The average molecular weight is 444 g/mol. The van der Waals surface area contributed by atoms with Crippen LogP contribution in [0.15, 0.2) is 35.2 Å². The van der Waals surface area contributed by atoms with Gasteiger partial charge in [0.15, 0.2) is 0 Å². The first-order valence-corrected chi connectivity index (χ1v) is 11.5. The quantitative estimate of drug-likeness (QED) is 0.606. The molecule has 1 unspecified atom stereocenters. The lowest BCUT2D eigenvalue weighted by Crippen LogP contribution is -2.32.